The predicted molar refractivity (Wildman–Crippen MR) is 97.3 cm³/mol. The maximum absolute atomic E-state index is 12.5. The number of hydrogen-bond acceptors (Lipinski definition) is 5. The van der Waals surface area contributed by atoms with Crippen molar-refractivity contribution >= 4 is 12.4 Å². The van der Waals surface area contributed by atoms with Crippen molar-refractivity contribution in [2.45, 2.75) is 44.4 Å². The Bertz CT molecular complexity index is 569. The molecule has 0 radical (unpaired) electrons. The van der Waals surface area contributed by atoms with Crippen molar-refractivity contribution in [1.29, 1.82) is 0 Å². The fourth-order valence-electron chi connectivity index (χ4n) is 4.27. The smallest absolute Gasteiger partial charge is 0.290 e. The van der Waals surface area contributed by atoms with Gasteiger partial charge in [-0.15, -0.1) is 0 Å². The average molecular weight is 363 g/mol. The van der Waals surface area contributed by atoms with Crippen molar-refractivity contribution in [3.63, 3.8) is 0 Å². The Labute approximate surface area is 154 Å². The highest BCUT2D eigenvalue weighted by Crippen LogP contribution is 2.45. The molecule has 2 fully saturated rings. The molecule has 2 N–H and O–H groups in total. The second kappa shape index (κ2) is 9.64. The number of pyridine rings is 1. The number of hydrogen-bond donors (Lipinski definition) is 2. The number of nitrogens with zero attached hydrogens (tertiary/aromatic N) is 3. The van der Waals surface area contributed by atoms with Crippen LogP contribution in [-0.2, 0) is 16.1 Å². The van der Waals surface area contributed by atoms with Crippen LogP contribution in [0.1, 0.15) is 31.2 Å². The molecule has 0 bridgehead atoms. The van der Waals surface area contributed by atoms with Crippen LogP contribution in [0.5, 0.6) is 0 Å². The molecule has 0 aromatic carbocycles. The van der Waals surface area contributed by atoms with E-state index in [0.29, 0.717) is 24.4 Å². The van der Waals surface area contributed by atoms with E-state index in [1.807, 2.05) is 36.0 Å². The lowest BCUT2D eigenvalue weighted by molar-refractivity contribution is -0.133. The molecular formula is C19H29N3O4. The lowest BCUT2D eigenvalue weighted by Crippen LogP contribution is -2.41. The first kappa shape index (κ1) is 20.3. The van der Waals surface area contributed by atoms with Crippen LogP contribution in [0.25, 0.3) is 0 Å². The summed E-state index contributed by atoms with van der Waals surface area (Å²) in [6.07, 6.45) is 7.40. The lowest BCUT2D eigenvalue weighted by Gasteiger charge is -2.28. The molecule has 4 atom stereocenters. The molecule has 2 unspecified atom stereocenters. The van der Waals surface area contributed by atoms with Crippen LogP contribution in [0.4, 0.5) is 0 Å². The third kappa shape index (κ3) is 5.51. The Morgan fingerprint density at radius 1 is 1.19 bits per heavy atom. The highest BCUT2D eigenvalue weighted by atomic mass is 16.3. The molecule has 0 spiro atoms. The summed E-state index contributed by atoms with van der Waals surface area (Å²) in [5, 5.41) is 16.6. The summed E-state index contributed by atoms with van der Waals surface area (Å²) >= 11 is 0. The van der Waals surface area contributed by atoms with Crippen LogP contribution in [0, 0.1) is 11.8 Å². The molecule has 1 heterocycles. The zero-order valence-electron chi connectivity index (χ0n) is 15.5. The van der Waals surface area contributed by atoms with Crippen LogP contribution in [0.3, 0.4) is 0 Å². The van der Waals surface area contributed by atoms with E-state index in [0.717, 1.165) is 32.2 Å². The van der Waals surface area contributed by atoms with Crippen LogP contribution in [0.15, 0.2) is 24.5 Å². The Balaban J connectivity index is 0.000000758. The highest BCUT2D eigenvalue weighted by Gasteiger charge is 2.43. The number of fused-ring (bicyclic) bond motifs is 1. The molecule has 0 aliphatic heterocycles. The normalized spacial score (nSPS) is 26.8. The standard InChI is InChI=1S/C18H27N3O2.CH2O2/c1-20(11-13-3-5-19-6-4-13)12-18(23)21(2)16-7-14-9-17(22)10-15(14)8-16;2-1-3/h3-6,14-17,22H,7-12H2,1-2H3;1H,(H,2,3)/t14-,15+,16?,17?;. The molecule has 2 aliphatic rings. The number of aliphatic hydroxyl groups is 1. The van der Waals surface area contributed by atoms with E-state index < -0.39 is 0 Å². The minimum Gasteiger partial charge on any atom is -0.483 e. The first-order valence-corrected chi connectivity index (χ1v) is 9.03. The van der Waals surface area contributed by atoms with Crippen LogP contribution >= 0.6 is 0 Å². The van der Waals surface area contributed by atoms with Crippen molar-refractivity contribution in [3.8, 4) is 0 Å². The number of likely N-dealkylation sites (N-methyl/N-ethyl adjacent to an activating group) is 2. The Hall–Kier alpha value is -1.99. The number of carbonyl (C=O) groups is 2. The van der Waals surface area contributed by atoms with Crippen molar-refractivity contribution in [2.75, 3.05) is 20.6 Å². The maximum Gasteiger partial charge on any atom is 0.290 e. The Morgan fingerprint density at radius 2 is 1.73 bits per heavy atom. The van der Waals surface area contributed by atoms with Gasteiger partial charge in [0.05, 0.1) is 12.6 Å². The van der Waals surface area contributed by atoms with Gasteiger partial charge in [0.15, 0.2) is 0 Å². The van der Waals surface area contributed by atoms with Crippen molar-refractivity contribution in [3.05, 3.63) is 30.1 Å². The molecule has 26 heavy (non-hydrogen) atoms. The number of amides is 1. The second-order valence-corrected chi connectivity index (χ2v) is 7.41. The molecule has 1 amide bonds. The van der Waals surface area contributed by atoms with Crippen molar-refractivity contribution in [2.24, 2.45) is 11.8 Å². The van der Waals surface area contributed by atoms with Gasteiger partial charge in [-0.05, 0) is 62.3 Å². The SMILES string of the molecule is CN(CC(=O)N(C)C1C[C@H]2CC(O)C[C@H]2C1)Cc1ccncc1.O=CO. The first-order chi connectivity index (χ1) is 12.4. The fourth-order valence-corrected chi connectivity index (χ4v) is 4.27. The zero-order chi connectivity index (χ0) is 19.1. The quantitative estimate of drug-likeness (QED) is 0.764. The summed E-state index contributed by atoms with van der Waals surface area (Å²) in [6.45, 7) is 0.942. The summed E-state index contributed by atoms with van der Waals surface area (Å²) in [4.78, 5) is 28.9. The van der Waals surface area contributed by atoms with Gasteiger partial charge in [-0.3, -0.25) is 19.5 Å². The second-order valence-electron chi connectivity index (χ2n) is 7.41. The Morgan fingerprint density at radius 3 is 2.27 bits per heavy atom. The molecule has 1 aromatic rings. The molecule has 2 aliphatic carbocycles. The molecule has 7 nitrogen and oxygen atoms in total. The van der Waals surface area contributed by atoms with Gasteiger partial charge in [0.25, 0.3) is 6.47 Å². The molecule has 2 saturated carbocycles. The van der Waals surface area contributed by atoms with E-state index in [1.165, 1.54) is 5.56 Å². The van der Waals surface area contributed by atoms with Crippen LogP contribution < -0.4 is 0 Å². The van der Waals surface area contributed by atoms with Gasteiger partial charge in [-0.2, -0.15) is 0 Å². The highest BCUT2D eigenvalue weighted by molar-refractivity contribution is 5.78. The minimum absolute atomic E-state index is 0.113. The van der Waals surface area contributed by atoms with E-state index in [-0.39, 0.29) is 18.5 Å². The molecule has 3 rings (SSSR count). The molecule has 7 heteroatoms. The monoisotopic (exact) mass is 363 g/mol. The molecule has 1 aromatic heterocycles. The summed E-state index contributed by atoms with van der Waals surface area (Å²) < 4.78 is 0. The lowest BCUT2D eigenvalue weighted by atomic mass is 10.0. The summed E-state index contributed by atoms with van der Waals surface area (Å²) in [6, 6.07) is 4.31. The van der Waals surface area contributed by atoms with Crippen LogP contribution in [0.2, 0.25) is 0 Å². The van der Waals surface area contributed by atoms with Gasteiger partial charge in [0.1, 0.15) is 0 Å². The third-order valence-corrected chi connectivity index (χ3v) is 5.51. The van der Waals surface area contributed by atoms with E-state index in [9.17, 15) is 9.90 Å². The maximum atomic E-state index is 12.5. The first-order valence-electron chi connectivity index (χ1n) is 9.03. The summed E-state index contributed by atoms with van der Waals surface area (Å²) in [5.74, 6) is 1.41. The number of carboxylic acid groups (broad SMARTS) is 1. The molecular weight excluding hydrogens is 334 g/mol. The predicted octanol–water partition coefficient (Wildman–Crippen LogP) is 1.22. The van der Waals surface area contributed by atoms with Gasteiger partial charge in [-0.25, -0.2) is 0 Å². The van der Waals surface area contributed by atoms with E-state index in [2.05, 4.69) is 4.98 Å². The van der Waals surface area contributed by atoms with E-state index in [4.69, 9.17) is 9.90 Å². The summed E-state index contributed by atoms with van der Waals surface area (Å²) in [5.41, 5.74) is 1.17. The van der Waals surface area contributed by atoms with E-state index >= 15 is 0 Å². The average Bonchev–Trinajstić information content (AvgIpc) is 3.13. The van der Waals surface area contributed by atoms with E-state index in [1.54, 1.807) is 12.4 Å². The third-order valence-electron chi connectivity index (χ3n) is 5.51. The molecule has 144 valence electrons. The number of aromatic nitrogens is 1. The van der Waals surface area contributed by atoms with Crippen LogP contribution in [-0.4, -0.2) is 70.2 Å². The summed E-state index contributed by atoms with van der Waals surface area (Å²) in [7, 11) is 3.91. The van der Waals surface area contributed by atoms with Gasteiger partial charge in [-0.1, -0.05) is 0 Å². The number of carbonyl (C=O) groups excluding carboxylic acids is 1. The van der Waals surface area contributed by atoms with Gasteiger partial charge in [0, 0.05) is 32.0 Å². The Kier molecular flexibility index (Phi) is 7.53. The van der Waals surface area contributed by atoms with Crippen molar-refractivity contribution in [1.82, 2.24) is 14.8 Å². The fraction of sp³-hybridized carbons (Fsp3) is 0.632. The van der Waals surface area contributed by atoms with Gasteiger partial charge >= 0.3 is 0 Å². The largest absolute Gasteiger partial charge is 0.483 e. The minimum atomic E-state index is -0.250. The topological polar surface area (TPSA) is 94.0 Å². The molecule has 0 saturated heterocycles. The number of aliphatic hydroxyl groups excluding tert-OH is 1. The van der Waals surface area contributed by atoms with Gasteiger partial charge in [0.2, 0.25) is 5.91 Å². The van der Waals surface area contributed by atoms with Gasteiger partial charge < -0.3 is 15.1 Å². The van der Waals surface area contributed by atoms with Crippen molar-refractivity contribution < 1.29 is 19.8 Å². The zero-order valence-corrected chi connectivity index (χ0v) is 15.5. The number of rotatable bonds is 5.